The molecular formula is C13H27NO. The lowest BCUT2D eigenvalue weighted by atomic mass is 9.79. The van der Waals surface area contributed by atoms with Crippen LogP contribution in [0.2, 0.25) is 0 Å². The minimum absolute atomic E-state index is 0.474. The van der Waals surface area contributed by atoms with Crippen LogP contribution in [-0.2, 0) is 4.74 Å². The molecule has 0 bridgehead atoms. The average molecular weight is 213 g/mol. The molecule has 2 nitrogen and oxygen atoms in total. The maximum atomic E-state index is 5.15. The summed E-state index contributed by atoms with van der Waals surface area (Å²) in [5.41, 5.74) is 0. The van der Waals surface area contributed by atoms with Crippen LogP contribution in [0.3, 0.4) is 0 Å². The van der Waals surface area contributed by atoms with Crippen molar-refractivity contribution in [1.29, 1.82) is 0 Å². The summed E-state index contributed by atoms with van der Waals surface area (Å²) in [6.45, 7) is 7.73. The summed E-state index contributed by atoms with van der Waals surface area (Å²) >= 11 is 0. The van der Waals surface area contributed by atoms with Crippen LogP contribution < -0.4 is 5.32 Å². The van der Waals surface area contributed by atoms with Gasteiger partial charge in [0.05, 0.1) is 6.61 Å². The Kier molecular flexibility index (Phi) is 5.62. The van der Waals surface area contributed by atoms with Crippen LogP contribution in [0.1, 0.15) is 46.5 Å². The van der Waals surface area contributed by atoms with Gasteiger partial charge in [-0.15, -0.1) is 0 Å². The summed E-state index contributed by atoms with van der Waals surface area (Å²) < 4.78 is 5.15. The molecule has 1 fully saturated rings. The Morgan fingerprint density at radius 1 is 1.33 bits per heavy atom. The van der Waals surface area contributed by atoms with Gasteiger partial charge in [-0.3, -0.25) is 0 Å². The van der Waals surface area contributed by atoms with Crippen molar-refractivity contribution in [2.75, 3.05) is 13.7 Å². The second kappa shape index (κ2) is 6.49. The van der Waals surface area contributed by atoms with Crippen LogP contribution in [0.5, 0.6) is 0 Å². The van der Waals surface area contributed by atoms with Gasteiger partial charge in [0.2, 0.25) is 0 Å². The highest BCUT2D eigenvalue weighted by molar-refractivity contribution is 4.80. The number of methoxy groups -OCH3 is 1. The van der Waals surface area contributed by atoms with Crippen molar-refractivity contribution < 1.29 is 4.74 Å². The molecule has 0 spiro atoms. The molecule has 0 aliphatic heterocycles. The Morgan fingerprint density at radius 2 is 2.07 bits per heavy atom. The van der Waals surface area contributed by atoms with Gasteiger partial charge in [0.25, 0.3) is 0 Å². The van der Waals surface area contributed by atoms with Crippen molar-refractivity contribution in [3.63, 3.8) is 0 Å². The van der Waals surface area contributed by atoms with E-state index in [9.17, 15) is 0 Å². The molecule has 1 N–H and O–H groups in total. The van der Waals surface area contributed by atoms with Gasteiger partial charge in [0.15, 0.2) is 0 Å². The monoisotopic (exact) mass is 213 g/mol. The van der Waals surface area contributed by atoms with E-state index in [4.69, 9.17) is 4.74 Å². The Bertz CT molecular complexity index is 172. The molecule has 0 saturated heterocycles. The van der Waals surface area contributed by atoms with Crippen molar-refractivity contribution >= 4 is 0 Å². The second-order valence-corrected chi connectivity index (χ2v) is 5.34. The Labute approximate surface area is 94.8 Å². The van der Waals surface area contributed by atoms with E-state index in [-0.39, 0.29) is 0 Å². The Morgan fingerprint density at radius 3 is 2.67 bits per heavy atom. The largest absolute Gasteiger partial charge is 0.383 e. The molecule has 0 amide bonds. The zero-order valence-corrected chi connectivity index (χ0v) is 10.8. The molecular weight excluding hydrogens is 186 g/mol. The van der Waals surface area contributed by atoms with Gasteiger partial charge in [-0.25, -0.2) is 0 Å². The van der Waals surface area contributed by atoms with E-state index in [0.717, 1.165) is 18.4 Å². The maximum absolute atomic E-state index is 5.15. The van der Waals surface area contributed by atoms with Gasteiger partial charge in [-0.1, -0.05) is 19.8 Å². The summed E-state index contributed by atoms with van der Waals surface area (Å²) in [4.78, 5) is 0. The highest BCUT2D eigenvalue weighted by Gasteiger charge is 2.24. The first-order valence-electron chi connectivity index (χ1n) is 6.38. The van der Waals surface area contributed by atoms with Crippen LogP contribution in [0.4, 0.5) is 0 Å². The fourth-order valence-electron chi connectivity index (χ4n) is 2.82. The lowest BCUT2D eigenvalue weighted by molar-refractivity contribution is 0.152. The predicted octanol–water partition coefficient (Wildman–Crippen LogP) is 2.83. The molecule has 0 aromatic carbocycles. The number of nitrogens with one attached hydrogen (secondary N) is 1. The highest BCUT2D eigenvalue weighted by atomic mass is 16.5. The van der Waals surface area contributed by atoms with Crippen LogP contribution >= 0.6 is 0 Å². The number of rotatable bonds is 5. The van der Waals surface area contributed by atoms with Crippen LogP contribution in [-0.4, -0.2) is 25.8 Å². The highest BCUT2D eigenvalue weighted by Crippen LogP contribution is 2.30. The van der Waals surface area contributed by atoms with E-state index in [1.807, 2.05) is 0 Å². The summed E-state index contributed by atoms with van der Waals surface area (Å²) in [5.74, 6) is 1.79. The minimum atomic E-state index is 0.474. The first kappa shape index (κ1) is 13.0. The molecule has 1 aliphatic rings. The van der Waals surface area contributed by atoms with Crippen molar-refractivity contribution in [3.05, 3.63) is 0 Å². The third-order valence-electron chi connectivity index (χ3n) is 3.65. The Balaban J connectivity index is 2.28. The summed E-state index contributed by atoms with van der Waals surface area (Å²) in [5, 5.41) is 3.65. The van der Waals surface area contributed by atoms with Crippen LogP contribution in [0, 0.1) is 11.8 Å². The van der Waals surface area contributed by atoms with Crippen molar-refractivity contribution in [2.45, 2.75) is 58.5 Å². The van der Waals surface area contributed by atoms with E-state index in [2.05, 4.69) is 26.1 Å². The second-order valence-electron chi connectivity index (χ2n) is 5.34. The zero-order valence-electron chi connectivity index (χ0n) is 10.8. The normalized spacial score (nSPS) is 31.2. The van der Waals surface area contributed by atoms with Gasteiger partial charge in [-0.2, -0.15) is 0 Å². The molecule has 90 valence electrons. The molecule has 0 heterocycles. The van der Waals surface area contributed by atoms with Gasteiger partial charge < -0.3 is 10.1 Å². The predicted molar refractivity (Wildman–Crippen MR) is 65.1 cm³/mol. The SMILES string of the molecule is COCC(C)NC(C)C1CCCC(C)C1. The minimum Gasteiger partial charge on any atom is -0.383 e. The molecule has 4 unspecified atom stereocenters. The van der Waals surface area contributed by atoms with E-state index >= 15 is 0 Å². The van der Waals surface area contributed by atoms with Gasteiger partial charge in [0.1, 0.15) is 0 Å². The lowest BCUT2D eigenvalue weighted by Gasteiger charge is -2.33. The number of hydrogen-bond donors (Lipinski definition) is 1. The molecule has 0 radical (unpaired) electrons. The number of ether oxygens (including phenoxy) is 1. The molecule has 4 atom stereocenters. The molecule has 1 aliphatic carbocycles. The van der Waals surface area contributed by atoms with Crippen molar-refractivity contribution in [2.24, 2.45) is 11.8 Å². The van der Waals surface area contributed by atoms with Crippen molar-refractivity contribution in [3.8, 4) is 0 Å². The summed E-state index contributed by atoms with van der Waals surface area (Å²) in [6.07, 6.45) is 5.64. The summed E-state index contributed by atoms with van der Waals surface area (Å²) in [6, 6.07) is 1.11. The summed E-state index contributed by atoms with van der Waals surface area (Å²) in [7, 11) is 1.77. The third kappa shape index (κ3) is 4.52. The van der Waals surface area contributed by atoms with E-state index in [1.165, 1.54) is 25.7 Å². The van der Waals surface area contributed by atoms with Crippen LogP contribution in [0.15, 0.2) is 0 Å². The standard InChI is InChI=1S/C13H27NO/c1-10-6-5-7-13(8-10)12(3)14-11(2)9-15-4/h10-14H,5-9H2,1-4H3. The van der Waals surface area contributed by atoms with E-state index < -0.39 is 0 Å². The molecule has 1 rings (SSSR count). The average Bonchev–Trinajstić information content (AvgIpc) is 2.18. The van der Waals surface area contributed by atoms with E-state index in [1.54, 1.807) is 7.11 Å². The maximum Gasteiger partial charge on any atom is 0.0613 e. The third-order valence-corrected chi connectivity index (χ3v) is 3.65. The van der Waals surface area contributed by atoms with Gasteiger partial charge in [-0.05, 0) is 38.5 Å². The first-order valence-corrected chi connectivity index (χ1v) is 6.38. The fraction of sp³-hybridized carbons (Fsp3) is 1.00. The topological polar surface area (TPSA) is 21.3 Å². The molecule has 2 heteroatoms. The zero-order chi connectivity index (χ0) is 11.3. The molecule has 1 saturated carbocycles. The molecule has 0 aromatic rings. The molecule has 15 heavy (non-hydrogen) atoms. The molecule has 0 aromatic heterocycles. The van der Waals surface area contributed by atoms with Gasteiger partial charge in [0, 0.05) is 19.2 Å². The first-order chi connectivity index (χ1) is 7.13. The van der Waals surface area contributed by atoms with Crippen molar-refractivity contribution in [1.82, 2.24) is 5.32 Å². The van der Waals surface area contributed by atoms with Gasteiger partial charge >= 0.3 is 0 Å². The smallest absolute Gasteiger partial charge is 0.0613 e. The number of hydrogen-bond acceptors (Lipinski definition) is 2. The van der Waals surface area contributed by atoms with E-state index in [0.29, 0.717) is 12.1 Å². The van der Waals surface area contributed by atoms with Crippen LogP contribution in [0.25, 0.3) is 0 Å². The quantitative estimate of drug-likeness (QED) is 0.758. The Hall–Kier alpha value is -0.0800. The lowest BCUT2D eigenvalue weighted by Crippen LogP contribution is -2.42. The fourth-order valence-corrected chi connectivity index (χ4v) is 2.82.